The van der Waals surface area contributed by atoms with E-state index in [4.69, 9.17) is 4.42 Å². The van der Waals surface area contributed by atoms with E-state index < -0.39 is 15.7 Å². The van der Waals surface area contributed by atoms with Crippen molar-refractivity contribution >= 4 is 21.4 Å². The number of hydrogen-bond donors (Lipinski definition) is 1. The van der Waals surface area contributed by atoms with Crippen molar-refractivity contribution in [1.29, 1.82) is 0 Å². The molecule has 5 rings (SSSR count). The van der Waals surface area contributed by atoms with E-state index in [0.29, 0.717) is 5.69 Å². The number of sulfone groups is 1. The molecule has 0 spiro atoms. The Morgan fingerprint density at radius 1 is 0.839 bits per heavy atom. The standard InChI is InChI=1S/C25H19NO4S/c27-25(24-13-11-20(30-24)16-31(28,29)21-7-2-1-3-8-21)26-19-10-12-23-18(15-19)14-17-6-4-5-9-22(17)23/h1-13,15H,14,16H2,(H,26,27). The van der Waals surface area contributed by atoms with Crippen LogP contribution in [0, 0.1) is 0 Å². The van der Waals surface area contributed by atoms with Crippen LogP contribution in [0.1, 0.15) is 27.4 Å². The van der Waals surface area contributed by atoms with Crippen LogP contribution in [0.15, 0.2) is 94.2 Å². The molecule has 0 saturated heterocycles. The first-order chi connectivity index (χ1) is 15.0. The van der Waals surface area contributed by atoms with E-state index in [0.717, 1.165) is 12.0 Å². The van der Waals surface area contributed by atoms with Gasteiger partial charge in [-0.25, -0.2) is 8.42 Å². The number of amides is 1. The van der Waals surface area contributed by atoms with Crippen LogP contribution >= 0.6 is 0 Å². The zero-order chi connectivity index (χ0) is 21.4. The van der Waals surface area contributed by atoms with Crippen molar-refractivity contribution in [1.82, 2.24) is 0 Å². The van der Waals surface area contributed by atoms with Gasteiger partial charge in [0, 0.05) is 5.69 Å². The molecule has 0 radical (unpaired) electrons. The van der Waals surface area contributed by atoms with Gasteiger partial charge in [-0.2, -0.15) is 0 Å². The van der Waals surface area contributed by atoms with Crippen molar-refractivity contribution < 1.29 is 17.6 Å². The SMILES string of the molecule is O=C(Nc1ccc2c(c1)Cc1ccccc1-2)c1ccc(CS(=O)(=O)c2ccccc2)o1. The van der Waals surface area contributed by atoms with Crippen LogP contribution in [0.5, 0.6) is 0 Å². The molecular formula is C25H19NO4S. The number of furan rings is 1. The van der Waals surface area contributed by atoms with Crippen LogP contribution in [0.3, 0.4) is 0 Å². The number of rotatable bonds is 5. The summed E-state index contributed by atoms with van der Waals surface area (Å²) >= 11 is 0. The Morgan fingerprint density at radius 2 is 1.58 bits per heavy atom. The van der Waals surface area contributed by atoms with Crippen LogP contribution in [-0.2, 0) is 22.0 Å². The lowest BCUT2D eigenvalue weighted by molar-refractivity contribution is 0.0995. The Bertz CT molecular complexity index is 1390. The second-order valence-electron chi connectivity index (χ2n) is 7.50. The topological polar surface area (TPSA) is 76.4 Å². The largest absolute Gasteiger partial charge is 0.455 e. The molecule has 1 aliphatic rings. The molecule has 5 nitrogen and oxygen atoms in total. The Kier molecular flexibility index (Phi) is 4.71. The van der Waals surface area contributed by atoms with Crippen molar-refractivity contribution in [3.8, 4) is 11.1 Å². The number of nitrogens with one attached hydrogen (secondary N) is 1. The summed E-state index contributed by atoms with van der Waals surface area (Å²) in [7, 11) is -3.54. The van der Waals surface area contributed by atoms with E-state index in [1.807, 2.05) is 30.3 Å². The van der Waals surface area contributed by atoms with Crippen LogP contribution < -0.4 is 5.32 Å². The van der Waals surface area contributed by atoms with Crippen molar-refractivity contribution in [2.45, 2.75) is 17.1 Å². The highest BCUT2D eigenvalue weighted by atomic mass is 32.2. The molecule has 1 N–H and O–H groups in total. The number of anilines is 1. The minimum absolute atomic E-state index is 0.0713. The molecule has 0 bridgehead atoms. The van der Waals surface area contributed by atoms with E-state index in [1.54, 1.807) is 18.2 Å². The predicted molar refractivity (Wildman–Crippen MR) is 119 cm³/mol. The van der Waals surface area contributed by atoms with E-state index in [1.165, 1.54) is 41.0 Å². The van der Waals surface area contributed by atoms with Crippen molar-refractivity contribution in [2.24, 2.45) is 0 Å². The Hall–Kier alpha value is -3.64. The first kappa shape index (κ1) is 19.3. The number of benzene rings is 3. The first-order valence-electron chi connectivity index (χ1n) is 9.89. The Balaban J connectivity index is 1.30. The molecule has 1 aromatic heterocycles. The maximum Gasteiger partial charge on any atom is 0.291 e. The summed E-state index contributed by atoms with van der Waals surface area (Å²) in [5.74, 6) is -0.430. The Labute approximate surface area is 180 Å². The maximum absolute atomic E-state index is 12.6. The van der Waals surface area contributed by atoms with Gasteiger partial charge in [-0.15, -0.1) is 0 Å². The van der Waals surface area contributed by atoms with Crippen LogP contribution in [0.25, 0.3) is 11.1 Å². The summed E-state index contributed by atoms with van der Waals surface area (Å²) in [6.07, 6.45) is 0.831. The van der Waals surface area contributed by atoms with Gasteiger partial charge < -0.3 is 9.73 Å². The van der Waals surface area contributed by atoms with Gasteiger partial charge in [0.15, 0.2) is 15.6 Å². The molecule has 0 saturated carbocycles. The zero-order valence-electron chi connectivity index (χ0n) is 16.5. The fourth-order valence-corrected chi connectivity index (χ4v) is 5.16. The fraction of sp³-hybridized carbons (Fsp3) is 0.0800. The van der Waals surface area contributed by atoms with Crippen LogP contribution in [-0.4, -0.2) is 14.3 Å². The quantitative estimate of drug-likeness (QED) is 0.423. The highest BCUT2D eigenvalue weighted by Gasteiger charge is 2.21. The van der Waals surface area contributed by atoms with Crippen molar-refractivity contribution in [3.05, 3.63) is 108 Å². The van der Waals surface area contributed by atoms with Gasteiger partial charge in [0.2, 0.25) is 0 Å². The highest BCUT2D eigenvalue weighted by molar-refractivity contribution is 7.90. The third kappa shape index (κ3) is 3.78. The number of fused-ring (bicyclic) bond motifs is 3. The van der Waals surface area contributed by atoms with E-state index in [-0.39, 0.29) is 22.2 Å². The second-order valence-corrected chi connectivity index (χ2v) is 9.49. The number of carbonyl (C=O) groups excluding carboxylic acids is 1. The summed E-state index contributed by atoms with van der Waals surface area (Å²) in [6.45, 7) is 0. The molecule has 1 heterocycles. The molecule has 6 heteroatoms. The Morgan fingerprint density at radius 3 is 2.42 bits per heavy atom. The van der Waals surface area contributed by atoms with Gasteiger partial charge in [-0.05, 0) is 65.1 Å². The third-order valence-corrected chi connectivity index (χ3v) is 7.03. The van der Waals surface area contributed by atoms with Crippen LogP contribution in [0.2, 0.25) is 0 Å². The normalized spacial score (nSPS) is 12.3. The van der Waals surface area contributed by atoms with Crippen molar-refractivity contribution in [3.63, 3.8) is 0 Å². The average Bonchev–Trinajstić information content (AvgIpc) is 3.38. The van der Waals surface area contributed by atoms with E-state index in [2.05, 4.69) is 17.4 Å². The van der Waals surface area contributed by atoms with E-state index in [9.17, 15) is 13.2 Å². The molecule has 1 aliphatic carbocycles. The summed E-state index contributed by atoms with van der Waals surface area (Å²) in [5, 5.41) is 2.84. The molecule has 154 valence electrons. The molecule has 1 amide bonds. The van der Waals surface area contributed by atoms with Gasteiger partial charge in [0.25, 0.3) is 5.91 Å². The van der Waals surface area contributed by atoms with Gasteiger partial charge in [-0.3, -0.25) is 4.79 Å². The van der Waals surface area contributed by atoms with Gasteiger partial charge >= 0.3 is 0 Å². The average molecular weight is 429 g/mol. The smallest absolute Gasteiger partial charge is 0.291 e. The molecule has 4 aromatic rings. The molecule has 3 aromatic carbocycles. The molecule has 0 atom stereocenters. The van der Waals surface area contributed by atoms with Crippen molar-refractivity contribution in [2.75, 3.05) is 5.32 Å². The fourth-order valence-electron chi connectivity index (χ4n) is 3.89. The molecule has 31 heavy (non-hydrogen) atoms. The third-order valence-electron chi connectivity index (χ3n) is 5.37. The lowest BCUT2D eigenvalue weighted by Gasteiger charge is -2.07. The monoisotopic (exact) mass is 429 g/mol. The molecular weight excluding hydrogens is 410 g/mol. The van der Waals surface area contributed by atoms with Gasteiger partial charge in [-0.1, -0.05) is 48.5 Å². The minimum atomic E-state index is -3.54. The second kappa shape index (κ2) is 7.56. The van der Waals surface area contributed by atoms with Gasteiger partial charge in [0.05, 0.1) is 4.90 Å². The summed E-state index contributed by atoms with van der Waals surface area (Å²) in [4.78, 5) is 12.8. The zero-order valence-corrected chi connectivity index (χ0v) is 17.4. The highest BCUT2D eigenvalue weighted by Crippen LogP contribution is 2.37. The first-order valence-corrected chi connectivity index (χ1v) is 11.5. The summed E-state index contributed by atoms with van der Waals surface area (Å²) in [6, 6.07) is 25.3. The molecule has 0 unspecified atom stereocenters. The lowest BCUT2D eigenvalue weighted by Crippen LogP contribution is -2.11. The molecule has 0 fully saturated rings. The van der Waals surface area contributed by atoms with E-state index >= 15 is 0 Å². The summed E-state index contributed by atoms with van der Waals surface area (Å²) in [5.41, 5.74) is 5.52. The summed E-state index contributed by atoms with van der Waals surface area (Å²) < 4.78 is 30.6. The number of hydrogen-bond acceptors (Lipinski definition) is 4. The number of carbonyl (C=O) groups is 1. The van der Waals surface area contributed by atoms with Gasteiger partial charge in [0.1, 0.15) is 11.5 Å². The lowest BCUT2D eigenvalue weighted by atomic mass is 10.1. The van der Waals surface area contributed by atoms with Crippen LogP contribution in [0.4, 0.5) is 5.69 Å². The molecule has 0 aliphatic heterocycles. The maximum atomic E-state index is 12.6. The minimum Gasteiger partial charge on any atom is -0.455 e. The predicted octanol–water partition coefficient (Wildman–Crippen LogP) is 5.08.